The van der Waals surface area contributed by atoms with Crippen LogP contribution < -0.4 is 0 Å². The summed E-state index contributed by atoms with van der Waals surface area (Å²) in [4.78, 5) is 3.54. The third kappa shape index (κ3) is 2.94. The lowest BCUT2D eigenvalue weighted by Gasteiger charge is -2.11. The van der Waals surface area contributed by atoms with E-state index in [0.717, 1.165) is 6.07 Å². The van der Waals surface area contributed by atoms with Crippen molar-refractivity contribution in [2.75, 3.05) is 0 Å². The molecule has 2 aromatic rings. The minimum Gasteiger partial charge on any atom is -0.247 e. The normalized spacial score (nSPS) is 11.6. The summed E-state index contributed by atoms with van der Waals surface area (Å²) >= 11 is 3.08. The maximum absolute atomic E-state index is 13.7. The Bertz CT molecular complexity index is 595. The summed E-state index contributed by atoms with van der Waals surface area (Å²) in [5.41, 5.74) is -0.247. The maximum Gasteiger partial charge on any atom is 0.433 e. The molecule has 1 aromatic carbocycles. The second kappa shape index (κ2) is 5.28. The Labute approximate surface area is 115 Å². The van der Waals surface area contributed by atoms with Crippen LogP contribution in [0.25, 0.3) is 11.1 Å². The van der Waals surface area contributed by atoms with Crippen LogP contribution in [0.2, 0.25) is 0 Å². The number of nitrogens with zero attached hydrogens (tertiary/aromatic N) is 1. The molecule has 0 saturated carbocycles. The van der Waals surface area contributed by atoms with Crippen molar-refractivity contribution >= 4 is 15.9 Å². The highest BCUT2D eigenvalue weighted by atomic mass is 79.9. The van der Waals surface area contributed by atoms with Gasteiger partial charge in [0.1, 0.15) is 11.5 Å². The average Bonchev–Trinajstić information content (AvgIpc) is 2.37. The predicted molar refractivity (Wildman–Crippen MR) is 67.3 cm³/mol. The molecule has 0 spiro atoms. The van der Waals surface area contributed by atoms with Crippen molar-refractivity contribution in [2.24, 2.45) is 0 Å². The van der Waals surface area contributed by atoms with Crippen molar-refractivity contribution < 1.29 is 17.6 Å². The van der Waals surface area contributed by atoms with Crippen molar-refractivity contribution in [3.63, 3.8) is 0 Å². The Morgan fingerprint density at radius 1 is 1.00 bits per heavy atom. The van der Waals surface area contributed by atoms with Crippen LogP contribution in [0.1, 0.15) is 11.4 Å². The lowest BCUT2D eigenvalue weighted by atomic mass is 10.0. The molecule has 0 aliphatic rings. The summed E-state index contributed by atoms with van der Waals surface area (Å²) in [6, 6.07) is 7.99. The van der Waals surface area contributed by atoms with Crippen molar-refractivity contribution in [1.82, 2.24) is 4.98 Å². The molecule has 1 nitrogen and oxygen atoms in total. The van der Waals surface area contributed by atoms with Gasteiger partial charge in [-0.1, -0.05) is 40.2 Å². The molecule has 0 bridgehead atoms. The number of alkyl halides is 4. The van der Waals surface area contributed by atoms with E-state index in [1.54, 1.807) is 6.07 Å². The monoisotopic (exact) mass is 333 g/mol. The Morgan fingerprint density at radius 2 is 1.68 bits per heavy atom. The zero-order chi connectivity index (χ0) is 14.0. The Balaban J connectivity index is 2.57. The first-order chi connectivity index (χ1) is 8.93. The van der Waals surface area contributed by atoms with Crippen LogP contribution in [0, 0.1) is 5.82 Å². The zero-order valence-electron chi connectivity index (χ0n) is 9.51. The standard InChI is InChI=1S/C13H8BrF4N/c14-7-11-9(8-3-1-2-4-10(8)15)5-6-12(19-11)13(16,17)18/h1-6H,7H2. The number of pyridine rings is 1. The van der Waals surface area contributed by atoms with E-state index >= 15 is 0 Å². The van der Waals surface area contributed by atoms with Crippen LogP contribution in [0.15, 0.2) is 36.4 Å². The highest BCUT2D eigenvalue weighted by molar-refractivity contribution is 9.08. The van der Waals surface area contributed by atoms with Gasteiger partial charge in [0.25, 0.3) is 0 Å². The van der Waals surface area contributed by atoms with Gasteiger partial charge in [0.15, 0.2) is 0 Å². The molecule has 1 heterocycles. The fourth-order valence-electron chi connectivity index (χ4n) is 1.69. The lowest BCUT2D eigenvalue weighted by Crippen LogP contribution is -2.09. The van der Waals surface area contributed by atoms with Crippen molar-refractivity contribution in [3.8, 4) is 11.1 Å². The quantitative estimate of drug-likeness (QED) is 0.568. The van der Waals surface area contributed by atoms with E-state index in [0.29, 0.717) is 5.56 Å². The minimum absolute atomic E-state index is 0.112. The smallest absolute Gasteiger partial charge is 0.247 e. The zero-order valence-corrected chi connectivity index (χ0v) is 11.1. The van der Waals surface area contributed by atoms with Gasteiger partial charge in [0, 0.05) is 16.5 Å². The third-order valence-electron chi connectivity index (χ3n) is 2.56. The number of rotatable bonds is 2. The molecule has 0 aliphatic heterocycles. The van der Waals surface area contributed by atoms with E-state index in [2.05, 4.69) is 20.9 Å². The number of hydrogen-bond donors (Lipinski definition) is 0. The van der Waals surface area contributed by atoms with Gasteiger partial charge in [-0.3, -0.25) is 0 Å². The summed E-state index contributed by atoms with van der Waals surface area (Å²) < 4.78 is 51.4. The SMILES string of the molecule is Fc1ccccc1-c1ccc(C(F)(F)F)nc1CBr. The molecule has 0 aliphatic carbocycles. The topological polar surface area (TPSA) is 12.9 Å². The number of halogens is 5. The summed E-state index contributed by atoms with van der Waals surface area (Å²) in [7, 11) is 0. The largest absolute Gasteiger partial charge is 0.433 e. The molecule has 0 unspecified atom stereocenters. The minimum atomic E-state index is -4.51. The van der Waals surface area contributed by atoms with Gasteiger partial charge in [0.05, 0.1) is 5.69 Å². The van der Waals surface area contributed by atoms with Gasteiger partial charge < -0.3 is 0 Å². The first kappa shape index (κ1) is 14.0. The molecule has 2 rings (SSSR count). The summed E-state index contributed by atoms with van der Waals surface area (Å²) in [5.74, 6) is -0.494. The van der Waals surface area contributed by atoms with Gasteiger partial charge in [0.2, 0.25) is 0 Å². The van der Waals surface area contributed by atoms with Gasteiger partial charge in [-0.25, -0.2) is 9.37 Å². The van der Waals surface area contributed by atoms with Gasteiger partial charge >= 0.3 is 6.18 Å². The van der Waals surface area contributed by atoms with Crippen molar-refractivity contribution in [1.29, 1.82) is 0 Å². The third-order valence-corrected chi connectivity index (χ3v) is 3.09. The highest BCUT2D eigenvalue weighted by Crippen LogP contribution is 2.32. The van der Waals surface area contributed by atoms with Gasteiger partial charge in [-0.05, 0) is 12.1 Å². The van der Waals surface area contributed by atoms with Crippen LogP contribution >= 0.6 is 15.9 Å². The van der Waals surface area contributed by atoms with E-state index < -0.39 is 17.7 Å². The Kier molecular flexibility index (Phi) is 3.89. The first-order valence-corrected chi connectivity index (χ1v) is 6.43. The molecule has 6 heteroatoms. The van der Waals surface area contributed by atoms with E-state index in [1.165, 1.54) is 24.3 Å². The number of aromatic nitrogens is 1. The molecular weight excluding hydrogens is 326 g/mol. The molecule has 0 radical (unpaired) electrons. The van der Waals surface area contributed by atoms with Crippen LogP contribution in [-0.4, -0.2) is 4.98 Å². The van der Waals surface area contributed by atoms with Crippen LogP contribution in [-0.2, 0) is 11.5 Å². The van der Waals surface area contributed by atoms with E-state index in [4.69, 9.17) is 0 Å². The van der Waals surface area contributed by atoms with Crippen LogP contribution in [0.3, 0.4) is 0 Å². The highest BCUT2D eigenvalue weighted by Gasteiger charge is 2.33. The molecule has 0 N–H and O–H groups in total. The van der Waals surface area contributed by atoms with Crippen molar-refractivity contribution in [3.05, 3.63) is 53.6 Å². The Hall–Kier alpha value is -1.43. The van der Waals surface area contributed by atoms with Crippen molar-refractivity contribution in [2.45, 2.75) is 11.5 Å². The molecule has 19 heavy (non-hydrogen) atoms. The molecule has 0 amide bonds. The fourth-order valence-corrected chi connectivity index (χ4v) is 2.11. The molecule has 1 aromatic heterocycles. The maximum atomic E-state index is 13.7. The second-order valence-electron chi connectivity index (χ2n) is 3.80. The fraction of sp³-hybridized carbons (Fsp3) is 0.154. The second-order valence-corrected chi connectivity index (χ2v) is 4.36. The van der Waals surface area contributed by atoms with E-state index in [-0.39, 0.29) is 16.6 Å². The van der Waals surface area contributed by atoms with Crippen LogP contribution in [0.4, 0.5) is 17.6 Å². The number of benzene rings is 1. The van der Waals surface area contributed by atoms with E-state index in [9.17, 15) is 17.6 Å². The molecular formula is C13H8BrF4N. The van der Waals surface area contributed by atoms with Gasteiger partial charge in [-0.15, -0.1) is 0 Å². The molecule has 0 atom stereocenters. The average molecular weight is 334 g/mol. The lowest BCUT2D eigenvalue weighted by molar-refractivity contribution is -0.141. The number of hydrogen-bond acceptors (Lipinski definition) is 1. The summed E-state index contributed by atoms with van der Waals surface area (Å²) in [6.45, 7) is 0. The van der Waals surface area contributed by atoms with Gasteiger partial charge in [-0.2, -0.15) is 13.2 Å². The summed E-state index contributed by atoms with van der Waals surface area (Å²) in [6.07, 6.45) is -4.51. The van der Waals surface area contributed by atoms with E-state index in [1.807, 2.05) is 0 Å². The Morgan fingerprint density at radius 3 is 2.26 bits per heavy atom. The predicted octanol–water partition coefficient (Wildman–Crippen LogP) is 4.80. The first-order valence-electron chi connectivity index (χ1n) is 5.31. The molecule has 0 fully saturated rings. The summed E-state index contributed by atoms with van der Waals surface area (Å²) in [5, 5.41) is 0.112. The molecule has 100 valence electrons. The van der Waals surface area contributed by atoms with Crippen LogP contribution in [0.5, 0.6) is 0 Å². The molecule has 0 saturated heterocycles.